The lowest BCUT2D eigenvalue weighted by Gasteiger charge is -2.44. The minimum atomic E-state index is -2.68. The highest BCUT2D eigenvalue weighted by atomic mass is 28.4. The van der Waals surface area contributed by atoms with Gasteiger partial charge in [0.25, 0.3) is 8.32 Å². The number of benzene rings is 4. The summed E-state index contributed by atoms with van der Waals surface area (Å²) in [6.07, 6.45) is 0.988. The molecule has 202 valence electrons. The molecule has 4 heteroatoms. The van der Waals surface area contributed by atoms with E-state index in [1.54, 1.807) is 0 Å². The summed E-state index contributed by atoms with van der Waals surface area (Å²) in [7, 11) is -2.68. The minimum absolute atomic E-state index is 0.00633. The lowest BCUT2D eigenvalue weighted by atomic mass is 9.92. The topological polar surface area (TPSA) is 32.7 Å². The van der Waals surface area contributed by atoms with Crippen LogP contribution in [0.4, 0.5) is 0 Å². The van der Waals surface area contributed by atoms with Crippen molar-refractivity contribution in [1.29, 1.82) is 0 Å². The number of rotatable bonds is 10. The molecule has 0 saturated heterocycles. The van der Waals surface area contributed by atoms with Gasteiger partial charge in [0.2, 0.25) is 0 Å². The molecule has 0 aliphatic heterocycles. The fourth-order valence-electron chi connectivity index (χ4n) is 6.44. The molecule has 1 aliphatic carbocycles. The van der Waals surface area contributed by atoms with Crippen molar-refractivity contribution >= 4 is 18.7 Å². The van der Waals surface area contributed by atoms with E-state index in [9.17, 15) is 5.21 Å². The second kappa shape index (κ2) is 11.2. The molecule has 0 unspecified atom stereocenters. The van der Waals surface area contributed by atoms with Gasteiger partial charge in [-0.25, -0.2) is 0 Å². The largest absolute Gasteiger partial charge is 0.406 e. The molecule has 0 bridgehead atoms. The summed E-state index contributed by atoms with van der Waals surface area (Å²) in [6, 6.07) is 42.7. The third-order valence-corrected chi connectivity index (χ3v) is 13.7. The Morgan fingerprint density at radius 3 is 1.74 bits per heavy atom. The smallest absolute Gasteiger partial charge is 0.261 e. The van der Waals surface area contributed by atoms with Crippen molar-refractivity contribution in [3.05, 3.63) is 132 Å². The average molecular weight is 536 g/mol. The first kappa shape index (κ1) is 27.5. The lowest BCUT2D eigenvalue weighted by Crippen LogP contribution is -2.67. The summed E-state index contributed by atoms with van der Waals surface area (Å²) in [6.45, 7) is 10.3. The Bertz CT molecular complexity index is 1290. The second-order valence-electron chi connectivity index (χ2n) is 12.1. The van der Waals surface area contributed by atoms with Crippen LogP contribution in [0.15, 0.2) is 121 Å². The van der Waals surface area contributed by atoms with Crippen molar-refractivity contribution in [2.24, 2.45) is 5.92 Å². The van der Waals surface area contributed by atoms with Gasteiger partial charge in [-0.3, -0.25) is 0 Å². The van der Waals surface area contributed by atoms with Crippen LogP contribution in [-0.4, -0.2) is 31.2 Å². The van der Waals surface area contributed by atoms with E-state index < -0.39 is 8.32 Å². The van der Waals surface area contributed by atoms with E-state index in [4.69, 9.17) is 4.43 Å². The zero-order chi connectivity index (χ0) is 27.5. The van der Waals surface area contributed by atoms with Crippen LogP contribution in [0, 0.1) is 5.92 Å². The van der Waals surface area contributed by atoms with E-state index in [2.05, 4.69) is 131 Å². The summed E-state index contributed by atoms with van der Waals surface area (Å²) in [5, 5.41) is 15.2. The van der Waals surface area contributed by atoms with Gasteiger partial charge in [-0.15, -0.1) is 0 Å². The molecule has 3 atom stereocenters. The maximum Gasteiger partial charge on any atom is 0.261 e. The van der Waals surface area contributed by atoms with Gasteiger partial charge >= 0.3 is 0 Å². The van der Waals surface area contributed by atoms with Crippen molar-refractivity contribution in [2.45, 2.75) is 57.2 Å². The van der Waals surface area contributed by atoms with Crippen molar-refractivity contribution in [1.82, 2.24) is 5.06 Å². The van der Waals surface area contributed by atoms with E-state index in [1.807, 2.05) is 18.2 Å². The van der Waals surface area contributed by atoms with E-state index in [-0.39, 0.29) is 22.4 Å². The van der Waals surface area contributed by atoms with Gasteiger partial charge in [-0.05, 0) is 45.8 Å². The third-order valence-electron chi connectivity index (χ3n) is 8.69. The van der Waals surface area contributed by atoms with Crippen LogP contribution >= 0.6 is 0 Å². The molecule has 1 saturated carbocycles. The number of hydrogen-bond acceptors (Lipinski definition) is 3. The summed E-state index contributed by atoms with van der Waals surface area (Å²) in [4.78, 5) is 0. The highest BCUT2D eigenvalue weighted by Gasteiger charge is 2.61. The zero-order valence-electron chi connectivity index (χ0n) is 23.6. The Labute approximate surface area is 235 Å². The van der Waals surface area contributed by atoms with Crippen LogP contribution in [0.5, 0.6) is 0 Å². The molecule has 39 heavy (non-hydrogen) atoms. The van der Waals surface area contributed by atoms with Crippen molar-refractivity contribution < 1.29 is 9.63 Å². The molecule has 0 heterocycles. The summed E-state index contributed by atoms with van der Waals surface area (Å²) >= 11 is 0. The second-order valence-corrected chi connectivity index (χ2v) is 16.4. The maximum absolute atomic E-state index is 11.2. The molecule has 1 aliphatic rings. The van der Waals surface area contributed by atoms with E-state index in [1.165, 1.54) is 21.0 Å². The molecule has 0 aromatic heterocycles. The minimum Gasteiger partial charge on any atom is -0.406 e. The molecular weight excluding hydrogens is 494 g/mol. The van der Waals surface area contributed by atoms with Crippen molar-refractivity contribution in [3.8, 4) is 0 Å². The molecule has 1 fully saturated rings. The maximum atomic E-state index is 11.2. The zero-order valence-corrected chi connectivity index (χ0v) is 24.6. The quantitative estimate of drug-likeness (QED) is 0.179. The Kier molecular flexibility index (Phi) is 7.93. The highest BCUT2D eigenvalue weighted by molar-refractivity contribution is 6.99. The van der Waals surface area contributed by atoms with Crippen molar-refractivity contribution in [2.75, 3.05) is 6.61 Å². The number of hydroxylamine groups is 2. The average Bonchev–Trinajstić information content (AvgIpc) is 3.70. The lowest BCUT2D eigenvalue weighted by molar-refractivity contribution is -0.137. The summed E-state index contributed by atoms with van der Waals surface area (Å²) in [5.74, 6) is 0.284. The molecule has 5 rings (SSSR count). The molecule has 4 aromatic carbocycles. The van der Waals surface area contributed by atoms with Gasteiger partial charge in [0.15, 0.2) is 0 Å². The van der Waals surface area contributed by atoms with Gasteiger partial charge < -0.3 is 9.63 Å². The van der Waals surface area contributed by atoms with E-state index in [0.717, 1.165) is 12.0 Å². The van der Waals surface area contributed by atoms with Crippen LogP contribution in [0.3, 0.4) is 0 Å². The Morgan fingerprint density at radius 2 is 1.26 bits per heavy atom. The Morgan fingerprint density at radius 1 is 0.795 bits per heavy atom. The molecular formula is C35H41NO2Si. The first-order valence-electron chi connectivity index (χ1n) is 14.1. The van der Waals surface area contributed by atoms with E-state index in [0.29, 0.717) is 13.2 Å². The Balaban J connectivity index is 1.50. The van der Waals surface area contributed by atoms with Gasteiger partial charge in [0.1, 0.15) is 0 Å². The number of nitrogens with zero attached hydrogens (tertiary/aromatic N) is 1. The fourth-order valence-corrected chi connectivity index (χ4v) is 11.1. The molecule has 3 nitrogen and oxygen atoms in total. The first-order valence-corrected chi connectivity index (χ1v) is 16.0. The van der Waals surface area contributed by atoms with E-state index >= 15 is 0 Å². The normalized spacial score (nSPS) is 20.1. The van der Waals surface area contributed by atoms with Crippen LogP contribution in [0.1, 0.15) is 45.2 Å². The molecule has 4 aromatic rings. The molecule has 1 N–H and O–H groups in total. The van der Waals surface area contributed by atoms with Crippen LogP contribution < -0.4 is 10.4 Å². The standard InChI is InChI=1S/C35H41NO2Si/c1-28(36(37)26-29-17-9-5-10-18-29)33-25-35(33,30-19-11-6-12-20-30)27-38-39(34(2,3)4,31-21-13-7-14-22-31)32-23-15-8-16-24-32/h5-24,28,33,37H,25-27H2,1-4H3/t28-,33+,35-/m1/s1. The van der Waals surface area contributed by atoms with Crippen LogP contribution in [0.25, 0.3) is 0 Å². The van der Waals surface area contributed by atoms with Crippen molar-refractivity contribution in [3.63, 3.8) is 0 Å². The summed E-state index contributed by atoms with van der Waals surface area (Å²) in [5.41, 5.74) is 2.26. The SMILES string of the molecule is C[C@H]([C@@H]1C[C@@]1(CO[Si](c1ccccc1)(c1ccccc1)C(C)(C)C)c1ccccc1)N(O)Cc1ccccc1. The van der Waals surface area contributed by atoms with Crippen LogP contribution in [0.2, 0.25) is 5.04 Å². The van der Waals surface area contributed by atoms with Gasteiger partial charge in [-0.2, -0.15) is 5.06 Å². The monoisotopic (exact) mass is 535 g/mol. The third kappa shape index (κ3) is 5.39. The fraction of sp³-hybridized carbons (Fsp3) is 0.314. The number of hydrogen-bond donors (Lipinski definition) is 1. The predicted molar refractivity (Wildman–Crippen MR) is 163 cm³/mol. The first-order chi connectivity index (χ1) is 18.8. The highest BCUT2D eigenvalue weighted by Crippen LogP contribution is 2.58. The predicted octanol–water partition coefficient (Wildman–Crippen LogP) is 6.80. The molecule has 0 amide bonds. The van der Waals surface area contributed by atoms with Crippen LogP contribution in [-0.2, 0) is 16.4 Å². The summed E-state index contributed by atoms with van der Waals surface area (Å²) < 4.78 is 7.47. The molecule has 0 radical (unpaired) electrons. The van der Waals surface area contributed by atoms with Gasteiger partial charge in [0, 0.05) is 24.6 Å². The Hall–Kier alpha value is -3.02. The van der Waals surface area contributed by atoms with Gasteiger partial charge in [-0.1, -0.05) is 142 Å². The van der Waals surface area contributed by atoms with Gasteiger partial charge in [0.05, 0.1) is 0 Å². The molecule has 0 spiro atoms.